The average Bonchev–Trinajstić information content (AvgIpc) is 2.34. The first kappa shape index (κ1) is 14.3. The molecule has 0 aliphatic carbocycles. The van der Waals surface area contributed by atoms with Gasteiger partial charge >= 0.3 is 0 Å². The average molecular weight is 285 g/mol. The van der Waals surface area contributed by atoms with Gasteiger partial charge < -0.3 is 9.84 Å². The first-order chi connectivity index (χ1) is 8.79. The topological polar surface area (TPSA) is 66.8 Å². The summed E-state index contributed by atoms with van der Waals surface area (Å²) in [6.45, 7) is 4.05. The number of rotatable bonds is 4. The van der Waals surface area contributed by atoms with E-state index in [0.717, 1.165) is 0 Å². The zero-order chi connectivity index (χ0) is 14.3. The van der Waals surface area contributed by atoms with Crippen LogP contribution in [-0.4, -0.2) is 43.6 Å². The largest absolute Gasteiger partial charge is 0.497 e. The van der Waals surface area contributed by atoms with Gasteiger partial charge in [-0.15, -0.1) is 0 Å². The first-order valence-corrected chi connectivity index (χ1v) is 7.60. The molecular formula is C13H19NO4S. The number of β-amino-alcohol motifs (C(OH)–C–C–N with tert-alkyl or cyclic N) is 1. The molecule has 1 heterocycles. The fraction of sp³-hybridized carbons (Fsp3) is 0.538. The van der Waals surface area contributed by atoms with Gasteiger partial charge in [0.1, 0.15) is 5.75 Å². The van der Waals surface area contributed by atoms with Crippen molar-refractivity contribution in [3.63, 3.8) is 0 Å². The lowest BCUT2D eigenvalue weighted by molar-refractivity contribution is -0.0932. The summed E-state index contributed by atoms with van der Waals surface area (Å²) in [6, 6.07) is 6.35. The van der Waals surface area contributed by atoms with Crippen molar-refractivity contribution < 1.29 is 18.3 Å². The zero-order valence-electron chi connectivity index (χ0n) is 11.3. The third-order valence-electron chi connectivity index (χ3n) is 3.65. The molecule has 1 fully saturated rings. The van der Waals surface area contributed by atoms with Crippen LogP contribution in [-0.2, 0) is 10.0 Å². The summed E-state index contributed by atoms with van der Waals surface area (Å²) in [7, 11) is -2.05. The standard InChI is InChI=1S/C13H19NO4S/c1-10(2)13(15)8-14(9-13)19(16,17)12-6-4-5-11(7-12)18-3/h4-7,10,15H,8-9H2,1-3H3. The summed E-state index contributed by atoms with van der Waals surface area (Å²) in [6.07, 6.45) is 0. The molecule has 0 saturated carbocycles. The molecule has 0 aromatic heterocycles. The van der Waals surface area contributed by atoms with Gasteiger partial charge in [0.05, 0.1) is 17.6 Å². The quantitative estimate of drug-likeness (QED) is 0.899. The Morgan fingerprint density at radius 1 is 1.37 bits per heavy atom. The minimum absolute atomic E-state index is 0.0317. The van der Waals surface area contributed by atoms with E-state index in [2.05, 4.69) is 0 Å². The van der Waals surface area contributed by atoms with Crippen molar-refractivity contribution in [2.45, 2.75) is 24.3 Å². The van der Waals surface area contributed by atoms with E-state index in [1.54, 1.807) is 12.1 Å². The van der Waals surface area contributed by atoms with Crippen LogP contribution >= 0.6 is 0 Å². The van der Waals surface area contributed by atoms with Crippen LogP contribution in [0, 0.1) is 5.92 Å². The smallest absolute Gasteiger partial charge is 0.243 e. The molecule has 0 spiro atoms. The summed E-state index contributed by atoms with van der Waals surface area (Å²) in [5, 5.41) is 10.1. The lowest BCUT2D eigenvalue weighted by atomic mass is 9.85. The maximum absolute atomic E-state index is 12.4. The minimum atomic E-state index is -3.55. The van der Waals surface area contributed by atoms with Gasteiger partial charge in [0, 0.05) is 19.2 Å². The van der Waals surface area contributed by atoms with E-state index < -0.39 is 15.6 Å². The molecule has 0 radical (unpaired) electrons. The van der Waals surface area contributed by atoms with Crippen LogP contribution in [0.5, 0.6) is 5.75 Å². The number of methoxy groups -OCH3 is 1. The molecule has 0 atom stereocenters. The van der Waals surface area contributed by atoms with Crippen molar-refractivity contribution in [2.24, 2.45) is 5.92 Å². The second kappa shape index (κ2) is 4.77. The fourth-order valence-corrected chi connectivity index (χ4v) is 3.61. The number of ether oxygens (including phenoxy) is 1. The third kappa shape index (κ3) is 2.48. The van der Waals surface area contributed by atoms with Crippen LogP contribution in [0.25, 0.3) is 0 Å². The molecule has 5 nitrogen and oxygen atoms in total. The van der Waals surface area contributed by atoms with Crippen molar-refractivity contribution in [1.82, 2.24) is 4.31 Å². The summed E-state index contributed by atoms with van der Waals surface area (Å²) in [4.78, 5) is 0.192. The minimum Gasteiger partial charge on any atom is -0.497 e. The monoisotopic (exact) mass is 285 g/mol. The first-order valence-electron chi connectivity index (χ1n) is 6.16. The molecule has 0 bridgehead atoms. The van der Waals surface area contributed by atoms with Crippen LogP contribution in [0.3, 0.4) is 0 Å². The van der Waals surface area contributed by atoms with E-state index in [9.17, 15) is 13.5 Å². The fourth-order valence-electron chi connectivity index (χ4n) is 2.01. The van der Waals surface area contributed by atoms with Crippen LogP contribution in [0.15, 0.2) is 29.2 Å². The highest BCUT2D eigenvalue weighted by atomic mass is 32.2. The van der Waals surface area contributed by atoms with Gasteiger partial charge in [-0.05, 0) is 18.1 Å². The Morgan fingerprint density at radius 2 is 2.00 bits per heavy atom. The number of sulfonamides is 1. The number of hydrogen-bond donors (Lipinski definition) is 1. The van der Waals surface area contributed by atoms with Gasteiger partial charge in [-0.3, -0.25) is 0 Å². The molecule has 106 valence electrons. The summed E-state index contributed by atoms with van der Waals surface area (Å²) < 4.78 is 31.0. The Balaban J connectivity index is 2.21. The van der Waals surface area contributed by atoms with Crippen LogP contribution in [0.4, 0.5) is 0 Å². The molecule has 1 N–H and O–H groups in total. The normalized spacial score (nSPS) is 19.2. The molecule has 1 aromatic rings. The number of benzene rings is 1. The SMILES string of the molecule is COc1cccc(S(=O)(=O)N2CC(O)(C(C)C)C2)c1. The van der Waals surface area contributed by atoms with E-state index in [1.807, 2.05) is 13.8 Å². The molecule has 0 unspecified atom stereocenters. The third-order valence-corrected chi connectivity index (χ3v) is 5.44. The predicted octanol–water partition coefficient (Wildman–Crippen LogP) is 1.09. The van der Waals surface area contributed by atoms with E-state index in [0.29, 0.717) is 5.75 Å². The van der Waals surface area contributed by atoms with Gasteiger partial charge in [0.25, 0.3) is 0 Å². The molecule has 1 aromatic carbocycles. The van der Waals surface area contributed by atoms with E-state index >= 15 is 0 Å². The van der Waals surface area contributed by atoms with Crippen LogP contribution in [0.2, 0.25) is 0 Å². The number of nitrogens with zero attached hydrogens (tertiary/aromatic N) is 1. The molecule has 1 saturated heterocycles. The highest BCUT2D eigenvalue weighted by Gasteiger charge is 2.49. The number of hydrogen-bond acceptors (Lipinski definition) is 4. The van der Waals surface area contributed by atoms with Gasteiger partial charge in [0.2, 0.25) is 10.0 Å². The Bertz CT molecular complexity index is 562. The highest BCUT2D eigenvalue weighted by Crippen LogP contribution is 2.33. The molecule has 6 heteroatoms. The van der Waals surface area contributed by atoms with Crippen molar-refractivity contribution in [3.05, 3.63) is 24.3 Å². The lowest BCUT2D eigenvalue weighted by Gasteiger charge is -2.47. The van der Waals surface area contributed by atoms with Crippen molar-refractivity contribution in [3.8, 4) is 5.75 Å². The Labute approximate surface area is 113 Å². The second-order valence-electron chi connectivity index (χ2n) is 5.21. The van der Waals surface area contributed by atoms with E-state index in [1.165, 1.54) is 23.5 Å². The second-order valence-corrected chi connectivity index (χ2v) is 7.15. The van der Waals surface area contributed by atoms with Crippen molar-refractivity contribution in [2.75, 3.05) is 20.2 Å². The maximum atomic E-state index is 12.4. The molecule has 0 amide bonds. The summed E-state index contributed by atoms with van der Waals surface area (Å²) in [5.74, 6) is 0.532. The van der Waals surface area contributed by atoms with Gasteiger partial charge in [-0.2, -0.15) is 4.31 Å². The Hall–Kier alpha value is -1.11. The highest BCUT2D eigenvalue weighted by molar-refractivity contribution is 7.89. The predicted molar refractivity (Wildman–Crippen MR) is 71.5 cm³/mol. The summed E-state index contributed by atoms with van der Waals surface area (Å²) >= 11 is 0. The lowest BCUT2D eigenvalue weighted by Crippen LogP contribution is -2.65. The molecule has 1 aliphatic heterocycles. The Kier molecular flexibility index (Phi) is 3.59. The zero-order valence-corrected chi connectivity index (χ0v) is 12.1. The number of aliphatic hydroxyl groups is 1. The molecular weight excluding hydrogens is 266 g/mol. The van der Waals surface area contributed by atoms with Gasteiger partial charge in [-0.25, -0.2) is 8.42 Å². The maximum Gasteiger partial charge on any atom is 0.243 e. The van der Waals surface area contributed by atoms with Crippen molar-refractivity contribution >= 4 is 10.0 Å². The van der Waals surface area contributed by atoms with E-state index in [4.69, 9.17) is 4.74 Å². The molecule has 19 heavy (non-hydrogen) atoms. The van der Waals surface area contributed by atoms with Crippen molar-refractivity contribution in [1.29, 1.82) is 0 Å². The van der Waals surface area contributed by atoms with Gasteiger partial charge in [0.15, 0.2) is 0 Å². The molecule has 1 aliphatic rings. The summed E-state index contributed by atoms with van der Waals surface area (Å²) in [5.41, 5.74) is -0.911. The van der Waals surface area contributed by atoms with Crippen LogP contribution in [0.1, 0.15) is 13.8 Å². The van der Waals surface area contributed by atoms with Gasteiger partial charge in [-0.1, -0.05) is 19.9 Å². The van der Waals surface area contributed by atoms with E-state index in [-0.39, 0.29) is 23.9 Å². The van der Waals surface area contributed by atoms with Crippen LogP contribution < -0.4 is 4.74 Å². The molecule has 2 rings (SSSR count). The Morgan fingerprint density at radius 3 is 2.53 bits per heavy atom.